The molecule has 1 aromatic carbocycles. The molecule has 5 atom stereocenters. The van der Waals surface area contributed by atoms with Crippen LogP contribution >= 0.6 is 0 Å². The highest BCUT2D eigenvalue weighted by atomic mass is 16.6. The maximum absolute atomic E-state index is 11.2. The molecule has 3 aliphatic rings. The Morgan fingerprint density at radius 3 is 2.97 bits per heavy atom. The molecule has 4 heterocycles. The number of benzene rings is 1. The van der Waals surface area contributed by atoms with Crippen molar-refractivity contribution in [2.24, 2.45) is 0 Å². The van der Waals surface area contributed by atoms with Crippen LogP contribution in [-0.4, -0.2) is 53.7 Å². The molecular weight excluding hydrogens is 386 g/mol. The van der Waals surface area contributed by atoms with Gasteiger partial charge in [-0.25, -0.2) is 9.97 Å². The lowest BCUT2D eigenvalue weighted by Gasteiger charge is -2.29. The van der Waals surface area contributed by atoms with E-state index in [1.54, 1.807) is 16.8 Å². The molecular formula is C21H23N5O4. The van der Waals surface area contributed by atoms with Crippen molar-refractivity contribution in [2.45, 2.75) is 49.0 Å². The summed E-state index contributed by atoms with van der Waals surface area (Å²) in [4.78, 5) is 8.25. The number of nitrogens with one attached hydrogen (secondary N) is 1. The average molecular weight is 409 g/mol. The number of aliphatic hydroxyl groups is 3. The molecule has 6 N–H and O–H groups in total. The van der Waals surface area contributed by atoms with Crippen molar-refractivity contribution < 1.29 is 20.1 Å². The number of aromatic nitrogens is 3. The van der Waals surface area contributed by atoms with Gasteiger partial charge in [0.1, 0.15) is 41.2 Å². The van der Waals surface area contributed by atoms with Gasteiger partial charge in [0, 0.05) is 19.2 Å². The highest BCUT2D eigenvalue weighted by molar-refractivity contribution is 5.86. The van der Waals surface area contributed by atoms with Gasteiger partial charge in [-0.2, -0.15) is 0 Å². The van der Waals surface area contributed by atoms with E-state index < -0.39 is 29.6 Å². The number of nitrogens with two attached hydrogens (primary N) is 1. The Balaban J connectivity index is 1.39. The molecule has 9 nitrogen and oxygen atoms in total. The van der Waals surface area contributed by atoms with Crippen LogP contribution in [0.25, 0.3) is 11.0 Å². The lowest BCUT2D eigenvalue weighted by atomic mass is 9.89. The molecule has 2 fully saturated rings. The number of nitrogens with zero attached hydrogens (tertiary/aromatic N) is 3. The summed E-state index contributed by atoms with van der Waals surface area (Å²) in [5.41, 5.74) is 6.30. The summed E-state index contributed by atoms with van der Waals surface area (Å²) in [6, 6.07) is 7.58. The first-order valence-corrected chi connectivity index (χ1v) is 10.1. The molecule has 9 heteroatoms. The molecule has 156 valence electrons. The van der Waals surface area contributed by atoms with E-state index in [0.717, 1.165) is 24.1 Å². The number of anilines is 1. The maximum Gasteiger partial charge on any atom is 0.167 e. The molecule has 3 aromatic rings. The number of rotatable bonds is 3. The Morgan fingerprint density at radius 2 is 2.10 bits per heavy atom. The second-order valence-electron chi connectivity index (χ2n) is 8.51. The van der Waals surface area contributed by atoms with E-state index >= 15 is 0 Å². The normalized spacial score (nSPS) is 33.3. The Bertz CT molecular complexity index is 1170. The van der Waals surface area contributed by atoms with Gasteiger partial charge < -0.3 is 35.7 Å². The molecule has 2 aromatic heterocycles. The summed E-state index contributed by atoms with van der Waals surface area (Å²) >= 11 is 0. The minimum atomic E-state index is -1.54. The van der Waals surface area contributed by atoms with E-state index in [4.69, 9.17) is 10.5 Å². The summed E-state index contributed by atoms with van der Waals surface area (Å²) in [7, 11) is 0. The van der Waals surface area contributed by atoms with Crippen molar-refractivity contribution >= 4 is 16.9 Å². The molecule has 2 aliphatic heterocycles. The summed E-state index contributed by atoms with van der Waals surface area (Å²) in [5, 5.41) is 37.6. The van der Waals surface area contributed by atoms with Crippen molar-refractivity contribution in [3.05, 3.63) is 53.5 Å². The molecule has 0 radical (unpaired) electrons. The minimum Gasteiger partial charge on any atom is -0.386 e. The fourth-order valence-electron chi connectivity index (χ4n) is 5.17. The lowest BCUT2D eigenvalue weighted by Crippen LogP contribution is -2.37. The highest BCUT2D eigenvalue weighted by Crippen LogP contribution is 2.65. The maximum atomic E-state index is 11.2. The van der Waals surface area contributed by atoms with Gasteiger partial charge in [-0.3, -0.25) is 0 Å². The smallest absolute Gasteiger partial charge is 0.167 e. The lowest BCUT2D eigenvalue weighted by molar-refractivity contribution is -0.122. The zero-order valence-electron chi connectivity index (χ0n) is 16.2. The number of hydrogen-bond donors (Lipinski definition) is 5. The zero-order chi connectivity index (χ0) is 20.7. The fourth-order valence-corrected chi connectivity index (χ4v) is 5.17. The third kappa shape index (κ3) is 2.24. The Labute approximate surface area is 172 Å². The van der Waals surface area contributed by atoms with Crippen molar-refractivity contribution in [2.75, 3.05) is 12.3 Å². The van der Waals surface area contributed by atoms with E-state index in [0.29, 0.717) is 23.4 Å². The highest BCUT2D eigenvalue weighted by Gasteiger charge is 2.81. The summed E-state index contributed by atoms with van der Waals surface area (Å²) < 4.78 is 7.77. The molecule has 0 spiro atoms. The van der Waals surface area contributed by atoms with Crippen LogP contribution in [0.2, 0.25) is 0 Å². The first kappa shape index (κ1) is 18.2. The van der Waals surface area contributed by atoms with E-state index in [2.05, 4.69) is 21.4 Å². The summed E-state index contributed by atoms with van der Waals surface area (Å²) in [5.74, 6) is 0.329. The fraction of sp³-hybridized carbons (Fsp3) is 0.429. The number of nitrogen functional groups attached to an aromatic ring is 1. The van der Waals surface area contributed by atoms with E-state index in [-0.39, 0.29) is 6.42 Å². The van der Waals surface area contributed by atoms with Gasteiger partial charge in [0.25, 0.3) is 0 Å². The Morgan fingerprint density at radius 1 is 1.23 bits per heavy atom. The van der Waals surface area contributed by atoms with E-state index in [9.17, 15) is 15.3 Å². The van der Waals surface area contributed by atoms with Gasteiger partial charge in [-0.15, -0.1) is 0 Å². The van der Waals surface area contributed by atoms with E-state index in [1.165, 1.54) is 11.9 Å². The van der Waals surface area contributed by atoms with Gasteiger partial charge in [0.05, 0.1) is 5.39 Å². The van der Waals surface area contributed by atoms with Gasteiger partial charge >= 0.3 is 0 Å². The van der Waals surface area contributed by atoms with Crippen molar-refractivity contribution in [1.29, 1.82) is 0 Å². The molecule has 0 amide bonds. The van der Waals surface area contributed by atoms with Crippen LogP contribution in [0.1, 0.15) is 35.4 Å². The number of fused-ring (bicyclic) bond motifs is 3. The Hall–Kier alpha value is -2.56. The molecule has 1 aliphatic carbocycles. The van der Waals surface area contributed by atoms with Crippen LogP contribution in [0.3, 0.4) is 0 Å². The molecule has 1 saturated carbocycles. The van der Waals surface area contributed by atoms with Crippen LogP contribution < -0.4 is 11.1 Å². The molecule has 6 rings (SSSR count). The van der Waals surface area contributed by atoms with Gasteiger partial charge in [0.15, 0.2) is 6.23 Å². The number of aliphatic hydroxyl groups excluding tert-OH is 1. The average Bonchev–Trinajstić information content (AvgIpc) is 3.03. The quantitative estimate of drug-likeness (QED) is 0.412. The van der Waals surface area contributed by atoms with Crippen molar-refractivity contribution in [3.63, 3.8) is 0 Å². The predicted molar refractivity (Wildman–Crippen MR) is 107 cm³/mol. The second-order valence-corrected chi connectivity index (χ2v) is 8.51. The molecule has 0 bridgehead atoms. The second kappa shape index (κ2) is 5.99. The third-order valence-electron chi connectivity index (χ3n) is 6.90. The number of ether oxygens (including phenoxy) is 1. The molecule has 0 unspecified atom stereocenters. The van der Waals surface area contributed by atoms with Crippen LogP contribution in [0, 0.1) is 0 Å². The topological polar surface area (TPSA) is 139 Å². The van der Waals surface area contributed by atoms with Crippen molar-refractivity contribution in [1.82, 2.24) is 19.9 Å². The zero-order valence-corrected chi connectivity index (χ0v) is 16.2. The van der Waals surface area contributed by atoms with Crippen LogP contribution in [0.5, 0.6) is 0 Å². The van der Waals surface area contributed by atoms with Crippen LogP contribution in [0.4, 0.5) is 5.82 Å². The molecule has 30 heavy (non-hydrogen) atoms. The largest absolute Gasteiger partial charge is 0.386 e. The van der Waals surface area contributed by atoms with Gasteiger partial charge in [-0.1, -0.05) is 18.2 Å². The van der Waals surface area contributed by atoms with Crippen molar-refractivity contribution in [3.8, 4) is 0 Å². The SMILES string of the molecule is Nc1ncnc2c1ccn2[C@@H]1O[C@H]([C@@H](O)c2cccc3c2CNCC3)[C@]2(O)C[C@]12O. The van der Waals surface area contributed by atoms with Crippen LogP contribution in [0.15, 0.2) is 36.8 Å². The van der Waals surface area contributed by atoms with Gasteiger partial charge in [-0.05, 0) is 35.7 Å². The number of hydrogen-bond acceptors (Lipinski definition) is 8. The monoisotopic (exact) mass is 409 g/mol. The Kier molecular flexibility index (Phi) is 3.64. The van der Waals surface area contributed by atoms with E-state index in [1.807, 2.05) is 12.1 Å². The summed E-state index contributed by atoms with van der Waals surface area (Å²) in [6.07, 6.45) is 1.10. The van der Waals surface area contributed by atoms with Gasteiger partial charge in [0.2, 0.25) is 0 Å². The standard InChI is InChI=1S/C21H23N5O4/c22-17-13-5-7-26(18(13)25-10-24-17)19-21(29)9-20(21,28)16(30-19)15(27)12-3-1-2-11-4-6-23-8-14(11)12/h1-3,5,7,10,15-16,19,23,27-29H,4,6,8-9H2,(H2,22,24,25)/t15-,16+,19+,20+,21-/m0/s1. The van der Waals surface area contributed by atoms with Crippen LogP contribution in [-0.2, 0) is 17.7 Å². The first-order valence-electron chi connectivity index (χ1n) is 10.1. The molecule has 1 saturated heterocycles. The summed E-state index contributed by atoms with van der Waals surface area (Å²) in [6.45, 7) is 1.55. The first-order chi connectivity index (χ1) is 14.4. The third-order valence-corrected chi connectivity index (χ3v) is 6.90. The predicted octanol–water partition coefficient (Wildman–Crippen LogP) is 0.156. The minimum absolute atomic E-state index is 0.111.